The van der Waals surface area contributed by atoms with Gasteiger partial charge in [-0.25, -0.2) is 17.9 Å². The van der Waals surface area contributed by atoms with E-state index in [9.17, 15) is 13.2 Å². The molecule has 0 spiro atoms. The number of ether oxygens (including phenoxy) is 1. The number of piperidine rings is 2. The Kier molecular flexibility index (Phi) is 7.92. The van der Waals surface area contributed by atoms with Crippen molar-refractivity contribution < 1.29 is 17.9 Å². The van der Waals surface area contributed by atoms with Gasteiger partial charge in [0.25, 0.3) is 10.0 Å². The quantitative estimate of drug-likeness (QED) is 0.611. The average Bonchev–Trinajstić information content (AvgIpc) is 2.82. The van der Waals surface area contributed by atoms with E-state index < -0.39 is 16.1 Å². The van der Waals surface area contributed by atoms with Crippen LogP contribution in [0.1, 0.15) is 31.2 Å². The summed E-state index contributed by atoms with van der Waals surface area (Å²) in [5, 5.41) is 0.996. The molecule has 2 aromatic carbocycles. The second kappa shape index (κ2) is 10.7. The number of halogens is 2. The predicted molar refractivity (Wildman–Crippen MR) is 133 cm³/mol. The number of sulfonamides is 1. The van der Waals surface area contributed by atoms with Crippen molar-refractivity contribution in [3.05, 3.63) is 58.1 Å². The van der Waals surface area contributed by atoms with Crippen molar-refractivity contribution in [2.24, 2.45) is 0 Å². The van der Waals surface area contributed by atoms with Gasteiger partial charge in [0.2, 0.25) is 0 Å². The molecular weight excluding hydrogens is 497 g/mol. The maximum absolute atomic E-state index is 12.6. The molecule has 0 unspecified atom stereocenters. The molecule has 34 heavy (non-hydrogen) atoms. The van der Waals surface area contributed by atoms with E-state index in [1.807, 2.05) is 13.0 Å². The smallest absolute Gasteiger partial charge is 0.331 e. The molecule has 7 nitrogen and oxygen atoms in total. The summed E-state index contributed by atoms with van der Waals surface area (Å²) in [6.07, 6.45) is 3.59. The first-order valence-corrected chi connectivity index (χ1v) is 13.7. The predicted octanol–water partition coefficient (Wildman–Crippen LogP) is 4.71. The molecule has 0 aliphatic carbocycles. The summed E-state index contributed by atoms with van der Waals surface area (Å²) in [4.78, 5) is 16.7. The van der Waals surface area contributed by atoms with Crippen molar-refractivity contribution in [2.75, 3.05) is 26.2 Å². The maximum Gasteiger partial charge on any atom is 0.331 e. The van der Waals surface area contributed by atoms with E-state index in [2.05, 4.69) is 9.62 Å². The molecule has 1 N–H and O–H groups in total. The molecule has 0 bridgehead atoms. The van der Waals surface area contributed by atoms with Crippen molar-refractivity contribution in [3.8, 4) is 5.75 Å². The highest BCUT2D eigenvalue weighted by molar-refractivity contribution is 7.90. The van der Waals surface area contributed by atoms with Gasteiger partial charge in [-0.05, 0) is 56.9 Å². The highest BCUT2D eigenvalue weighted by Crippen LogP contribution is 2.29. The summed E-state index contributed by atoms with van der Waals surface area (Å²) in [7, 11) is -3.88. The molecule has 10 heteroatoms. The lowest BCUT2D eigenvalue weighted by atomic mass is 9.99. The lowest BCUT2D eigenvalue weighted by Crippen LogP contribution is -2.52. The molecule has 0 saturated carbocycles. The van der Waals surface area contributed by atoms with Gasteiger partial charge in [0, 0.05) is 38.3 Å². The molecular formula is C24H29Cl2N3O4S. The summed E-state index contributed by atoms with van der Waals surface area (Å²) in [6.45, 7) is 4.78. The van der Waals surface area contributed by atoms with Crippen LogP contribution in [0.4, 0.5) is 4.79 Å². The zero-order valence-electron chi connectivity index (χ0n) is 19.0. The molecule has 0 aromatic heterocycles. The summed E-state index contributed by atoms with van der Waals surface area (Å²) >= 11 is 12.0. The van der Waals surface area contributed by atoms with E-state index in [1.54, 1.807) is 29.2 Å². The molecule has 2 saturated heterocycles. The normalized spacial score (nSPS) is 18.6. The van der Waals surface area contributed by atoms with E-state index in [0.29, 0.717) is 29.2 Å². The zero-order valence-corrected chi connectivity index (χ0v) is 21.4. The lowest BCUT2D eigenvalue weighted by Gasteiger charge is -2.41. The number of nitrogens with one attached hydrogen (secondary N) is 1. The van der Waals surface area contributed by atoms with Crippen LogP contribution in [0, 0.1) is 6.92 Å². The summed E-state index contributed by atoms with van der Waals surface area (Å²) in [5.41, 5.74) is 0.956. The number of aryl methyl sites for hydroxylation is 1. The number of nitrogens with zero attached hydrogens (tertiary/aromatic N) is 2. The molecule has 2 heterocycles. The zero-order chi connectivity index (χ0) is 24.3. The molecule has 2 amide bonds. The standard InChI is InChI=1S/C24H29Cl2N3O4S/c1-17-2-5-21(6-3-17)34(31,32)27-24(30)29-12-8-18(9-13-29)28-14-10-19(11-15-28)33-20-4-7-22(25)23(26)16-20/h2-7,16,18-19H,8-15H2,1H3,(H,27,30). The molecule has 4 rings (SSSR count). The summed E-state index contributed by atoms with van der Waals surface area (Å²) < 4.78 is 33.3. The van der Waals surface area contributed by atoms with Gasteiger partial charge in [-0.2, -0.15) is 0 Å². The molecule has 0 radical (unpaired) electrons. The van der Waals surface area contributed by atoms with Crippen LogP contribution in [0.5, 0.6) is 5.75 Å². The van der Waals surface area contributed by atoms with E-state index in [-0.39, 0.29) is 11.0 Å². The number of carbonyl (C=O) groups excluding carboxylic acids is 1. The second-order valence-corrected chi connectivity index (χ2v) is 11.4. The largest absolute Gasteiger partial charge is 0.490 e. The minimum atomic E-state index is -3.88. The molecule has 0 atom stereocenters. The van der Waals surface area contributed by atoms with E-state index >= 15 is 0 Å². The molecule has 2 aliphatic rings. The highest BCUT2D eigenvalue weighted by Gasteiger charge is 2.31. The second-order valence-electron chi connectivity index (χ2n) is 8.87. The van der Waals surface area contributed by atoms with E-state index in [1.165, 1.54) is 12.1 Å². The fourth-order valence-electron chi connectivity index (χ4n) is 4.49. The number of hydrogen-bond acceptors (Lipinski definition) is 5. The van der Waals surface area contributed by atoms with Crippen LogP contribution in [0.25, 0.3) is 0 Å². The minimum absolute atomic E-state index is 0.0901. The molecule has 2 aliphatic heterocycles. The number of carbonyl (C=O) groups is 1. The SMILES string of the molecule is Cc1ccc(S(=O)(=O)NC(=O)N2CCC(N3CCC(Oc4ccc(Cl)c(Cl)c4)CC3)CC2)cc1. The summed E-state index contributed by atoms with van der Waals surface area (Å²) in [6, 6.07) is 11.6. The van der Waals surface area contributed by atoms with E-state index in [4.69, 9.17) is 27.9 Å². The lowest BCUT2D eigenvalue weighted by molar-refractivity contribution is 0.0540. The third-order valence-corrected chi connectivity index (χ3v) is 8.57. The van der Waals surface area contributed by atoms with Crippen molar-refractivity contribution in [2.45, 2.75) is 49.6 Å². The maximum atomic E-state index is 12.6. The molecule has 2 fully saturated rings. The van der Waals surface area contributed by atoms with Crippen molar-refractivity contribution >= 4 is 39.3 Å². The minimum Gasteiger partial charge on any atom is -0.490 e. The topological polar surface area (TPSA) is 79.0 Å². The number of urea groups is 1. The molecule has 184 valence electrons. The Morgan fingerprint density at radius 2 is 1.59 bits per heavy atom. The van der Waals surface area contributed by atoms with Crippen LogP contribution in [0.3, 0.4) is 0 Å². The summed E-state index contributed by atoms with van der Waals surface area (Å²) in [5.74, 6) is 0.729. The van der Waals surface area contributed by atoms with Crippen molar-refractivity contribution in [1.29, 1.82) is 0 Å². The van der Waals surface area contributed by atoms with Gasteiger partial charge < -0.3 is 9.64 Å². The van der Waals surface area contributed by atoms with Crippen LogP contribution < -0.4 is 9.46 Å². The van der Waals surface area contributed by atoms with Gasteiger partial charge in [0.05, 0.1) is 14.9 Å². The third-order valence-electron chi connectivity index (χ3n) is 6.49. The number of amides is 2. The van der Waals surface area contributed by atoms with Crippen LogP contribution in [-0.2, 0) is 10.0 Å². The Hall–Kier alpha value is -2.00. The Morgan fingerprint density at radius 3 is 2.21 bits per heavy atom. The van der Waals surface area contributed by atoms with Crippen LogP contribution in [0.2, 0.25) is 10.0 Å². The Bertz CT molecular complexity index is 1110. The third kappa shape index (κ3) is 6.16. The fraction of sp³-hybridized carbons (Fsp3) is 0.458. The van der Waals surface area contributed by atoms with Crippen molar-refractivity contribution in [1.82, 2.24) is 14.5 Å². The van der Waals surface area contributed by atoms with Crippen LogP contribution in [-0.4, -0.2) is 62.6 Å². The Labute approximate surface area is 211 Å². The van der Waals surface area contributed by atoms with Crippen LogP contribution >= 0.6 is 23.2 Å². The monoisotopic (exact) mass is 525 g/mol. The molecule has 2 aromatic rings. The fourth-order valence-corrected chi connectivity index (χ4v) is 5.75. The van der Waals surface area contributed by atoms with E-state index in [0.717, 1.165) is 50.1 Å². The Balaban J connectivity index is 1.23. The number of benzene rings is 2. The Morgan fingerprint density at radius 1 is 0.941 bits per heavy atom. The highest BCUT2D eigenvalue weighted by atomic mass is 35.5. The van der Waals surface area contributed by atoms with Crippen LogP contribution in [0.15, 0.2) is 47.4 Å². The van der Waals surface area contributed by atoms with Crippen molar-refractivity contribution in [3.63, 3.8) is 0 Å². The van der Waals surface area contributed by atoms with Gasteiger partial charge in [0.15, 0.2) is 0 Å². The first-order valence-electron chi connectivity index (χ1n) is 11.5. The van der Waals surface area contributed by atoms with Gasteiger partial charge >= 0.3 is 6.03 Å². The average molecular weight is 526 g/mol. The number of rotatable bonds is 5. The van der Waals surface area contributed by atoms with Gasteiger partial charge in [0.1, 0.15) is 11.9 Å². The van der Waals surface area contributed by atoms with Gasteiger partial charge in [-0.3, -0.25) is 4.90 Å². The number of hydrogen-bond donors (Lipinski definition) is 1. The van der Waals surface area contributed by atoms with Gasteiger partial charge in [-0.1, -0.05) is 40.9 Å². The van der Waals surface area contributed by atoms with Gasteiger partial charge in [-0.15, -0.1) is 0 Å². The first kappa shape index (κ1) is 25.1. The number of likely N-dealkylation sites (tertiary alicyclic amines) is 2. The first-order chi connectivity index (χ1) is 16.2.